The monoisotopic (exact) mass is 586 g/mol. The number of benzene rings is 2. The minimum absolute atomic E-state index is 0.0912. The molecule has 0 aliphatic carbocycles. The maximum atomic E-state index is 12.6. The fourth-order valence-corrected chi connectivity index (χ4v) is 6.07. The third kappa shape index (κ3) is 6.89. The van der Waals surface area contributed by atoms with Crippen LogP contribution < -0.4 is 20.7 Å². The summed E-state index contributed by atoms with van der Waals surface area (Å²) in [6.45, 7) is 6.22. The van der Waals surface area contributed by atoms with Gasteiger partial charge in [0.15, 0.2) is 0 Å². The van der Waals surface area contributed by atoms with Gasteiger partial charge in [-0.2, -0.15) is 13.2 Å². The van der Waals surface area contributed by atoms with Gasteiger partial charge in [-0.3, -0.25) is 10.9 Å². The molecule has 1 aliphatic heterocycles. The van der Waals surface area contributed by atoms with Gasteiger partial charge >= 0.3 is 6.18 Å². The zero-order chi connectivity index (χ0) is 28.3. The smallest absolute Gasteiger partial charge is 0.363 e. The van der Waals surface area contributed by atoms with Crippen LogP contribution in [0.2, 0.25) is 0 Å². The maximum Gasteiger partial charge on any atom is 0.395 e. The lowest BCUT2D eigenvalue weighted by molar-refractivity contribution is -0.127. The van der Waals surface area contributed by atoms with E-state index in [4.69, 9.17) is 0 Å². The van der Waals surface area contributed by atoms with Gasteiger partial charge in [0, 0.05) is 31.5 Å². The minimum atomic E-state index is -4.31. The number of anilines is 5. The molecule has 2 aromatic heterocycles. The largest absolute Gasteiger partial charge is 0.395 e. The van der Waals surface area contributed by atoms with Crippen LogP contribution in [0, 0.1) is 13.8 Å². The van der Waals surface area contributed by atoms with Crippen molar-refractivity contribution < 1.29 is 13.2 Å². The molecule has 210 valence electrons. The van der Waals surface area contributed by atoms with E-state index in [1.54, 1.807) is 11.3 Å². The number of hydrogen-bond donors (Lipinski definition) is 2. The first-order valence-electron chi connectivity index (χ1n) is 12.8. The summed E-state index contributed by atoms with van der Waals surface area (Å²) in [4.78, 5) is 4.49. The highest BCUT2D eigenvalue weighted by molar-refractivity contribution is 7.19. The molecule has 0 amide bonds. The molecule has 2 N–H and O–H groups in total. The van der Waals surface area contributed by atoms with Gasteiger partial charge in [0.2, 0.25) is 5.13 Å². The third-order valence-electron chi connectivity index (χ3n) is 6.52. The number of hydrazine groups is 1. The van der Waals surface area contributed by atoms with Crippen LogP contribution in [-0.2, 0) is 6.42 Å². The Morgan fingerprint density at radius 2 is 1.73 bits per heavy atom. The summed E-state index contributed by atoms with van der Waals surface area (Å²) in [5.74, 6) is 0. The van der Waals surface area contributed by atoms with Crippen molar-refractivity contribution >= 4 is 60.6 Å². The molecule has 3 heterocycles. The Balaban J connectivity index is 1.21. The fourth-order valence-electron chi connectivity index (χ4n) is 4.47. The molecule has 8 nitrogen and oxygen atoms in total. The quantitative estimate of drug-likeness (QED) is 0.151. The van der Waals surface area contributed by atoms with Crippen molar-refractivity contribution in [3.05, 3.63) is 64.7 Å². The molecule has 0 atom stereocenters. The van der Waals surface area contributed by atoms with Crippen molar-refractivity contribution in [3.63, 3.8) is 0 Å². The van der Waals surface area contributed by atoms with Crippen molar-refractivity contribution in [2.24, 2.45) is 10.2 Å². The van der Waals surface area contributed by atoms with Crippen LogP contribution >= 0.6 is 22.7 Å². The fraction of sp³-hybridized carbons (Fsp3) is 0.333. The number of aryl methyl sites for hydroxylation is 2. The highest BCUT2D eigenvalue weighted by Gasteiger charge is 2.29. The SMILES string of the molecule is Cc1cc(N(C)c2ccc(/N=N/c3ccc(N4CCCC4)s3)cc2C)ccc1NNc1nnc(CC(F)(F)F)s1. The summed E-state index contributed by atoms with van der Waals surface area (Å²) in [7, 11) is 2.00. The Morgan fingerprint density at radius 3 is 2.45 bits per heavy atom. The minimum Gasteiger partial charge on any atom is -0.363 e. The van der Waals surface area contributed by atoms with Crippen molar-refractivity contribution in [1.29, 1.82) is 0 Å². The van der Waals surface area contributed by atoms with Crippen LogP contribution in [0.1, 0.15) is 29.0 Å². The Bertz CT molecular complexity index is 1490. The first-order valence-corrected chi connectivity index (χ1v) is 14.4. The topological polar surface area (TPSA) is 81.0 Å². The van der Waals surface area contributed by atoms with Gasteiger partial charge in [-0.15, -0.1) is 20.4 Å². The lowest BCUT2D eigenvalue weighted by Gasteiger charge is -2.23. The summed E-state index contributed by atoms with van der Waals surface area (Å²) in [5, 5.41) is 18.6. The van der Waals surface area contributed by atoms with E-state index in [9.17, 15) is 13.2 Å². The molecule has 13 heteroatoms. The predicted molar refractivity (Wildman–Crippen MR) is 157 cm³/mol. The van der Waals surface area contributed by atoms with Crippen LogP contribution in [0.15, 0.2) is 58.8 Å². The van der Waals surface area contributed by atoms with Crippen LogP contribution in [0.4, 0.5) is 51.1 Å². The van der Waals surface area contributed by atoms with Crippen molar-refractivity contribution in [2.75, 3.05) is 40.8 Å². The van der Waals surface area contributed by atoms with Crippen LogP contribution in [-0.4, -0.2) is 36.5 Å². The number of halogens is 3. The van der Waals surface area contributed by atoms with E-state index in [1.165, 1.54) is 17.8 Å². The highest BCUT2D eigenvalue weighted by atomic mass is 32.1. The van der Waals surface area contributed by atoms with E-state index < -0.39 is 12.6 Å². The summed E-state index contributed by atoms with van der Waals surface area (Å²) in [6, 6.07) is 16.1. The van der Waals surface area contributed by atoms with E-state index in [2.05, 4.69) is 47.1 Å². The number of nitrogens with zero attached hydrogens (tertiary/aromatic N) is 6. The summed E-state index contributed by atoms with van der Waals surface area (Å²) in [5.41, 5.74) is 11.4. The molecular formula is C27H29F3N8S2. The molecule has 2 aromatic carbocycles. The van der Waals surface area contributed by atoms with E-state index in [0.29, 0.717) is 0 Å². The average molecular weight is 587 g/mol. The van der Waals surface area contributed by atoms with Gasteiger partial charge in [0.05, 0.1) is 22.8 Å². The Kier molecular flexibility index (Phi) is 8.22. The summed E-state index contributed by atoms with van der Waals surface area (Å²) >= 11 is 2.53. The molecule has 0 bridgehead atoms. The van der Waals surface area contributed by atoms with Crippen LogP contribution in [0.5, 0.6) is 0 Å². The second kappa shape index (κ2) is 11.8. The molecule has 4 aromatic rings. The predicted octanol–water partition coefficient (Wildman–Crippen LogP) is 8.54. The molecule has 1 aliphatic rings. The first kappa shape index (κ1) is 27.8. The summed E-state index contributed by atoms with van der Waals surface area (Å²) < 4.78 is 37.7. The normalized spacial score (nSPS) is 13.8. The van der Waals surface area contributed by atoms with Gasteiger partial charge < -0.3 is 9.80 Å². The van der Waals surface area contributed by atoms with Crippen molar-refractivity contribution in [1.82, 2.24) is 10.2 Å². The molecule has 0 radical (unpaired) electrons. The molecular weight excluding hydrogens is 557 g/mol. The molecule has 1 fully saturated rings. The number of rotatable bonds is 9. The summed E-state index contributed by atoms with van der Waals surface area (Å²) in [6.07, 6.45) is -2.91. The van der Waals surface area contributed by atoms with Gasteiger partial charge in [-0.1, -0.05) is 22.7 Å². The zero-order valence-electron chi connectivity index (χ0n) is 22.3. The number of azo groups is 1. The number of thiophene rings is 1. The zero-order valence-corrected chi connectivity index (χ0v) is 23.9. The van der Waals surface area contributed by atoms with Gasteiger partial charge in [0.25, 0.3) is 0 Å². The second-order valence-electron chi connectivity index (χ2n) is 9.58. The van der Waals surface area contributed by atoms with E-state index in [0.717, 1.165) is 63.3 Å². The lowest BCUT2D eigenvalue weighted by atomic mass is 10.1. The first-order chi connectivity index (χ1) is 19.1. The maximum absolute atomic E-state index is 12.6. The molecule has 0 saturated carbocycles. The number of alkyl halides is 3. The molecule has 5 rings (SSSR count). The van der Waals surface area contributed by atoms with E-state index >= 15 is 0 Å². The van der Waals surface area contributed by atoms with Crippen LogP contribution in [0.3, 0.4) is 0 Å². The highest BCUT2D eigenvalue weighted by Crippen LogP contribution is 2.36. The number of nitrogens with one attached hydrogen (secondary N) is 2. The van der Waals surface area contributed by atoms with E-state index in [-0.39, 0.29) is 10.1 Å². The lowest BCUT2D eigenvalue weighted by Crippen LogP contribution is -2.15. The standard InChI is InChI=1S/C27H29F3N8S2/c1-17-15-20(7-8-21(17)32-35-26-36-34-24(40-26)16-27(28,29)30)37(3)22-9-6-19(14-18(22)2)31-33-23-10-11-25(39-23)38-12-4-5-13-38/h6-11,14-15,32H,4-5,12-13,16H2,1-3H3,(H,35,36)/b33-31+. The molecule has 40 heavy (non-hydrogen) atoms. The average Bonchev–Trinajstić information content (AvgIpc) is 3.68. The Morgan fingerprint density at radius 1 is 0.925 bits per heavy atom. The Hall–Kier alpha value is -3.71. The van der Waals surface area contributed by atoms with Gasteiger partial charge in [-0.05, 0) is 86.3 Å². The van der Waals surface area contributed by atoms with Crippen LogP contribution in [0.25, 0.3) is 0 Å². The third-order valence-corrected chi connectivity index (χ3v) is 8.39. The van der Waals surface area contributed by atoms with Gasteiger partial charge in [0.1, 0.15) is 10.0 Å². The number of aromatic nitrogens is 2. The Labute approximate surface area is 238 Å². The molecule has 0 unspecified atom stereocenters. The molecule has 1 saturated heterocycles. The van der Waals surface area contributed by atoms with Crippen molar-refractivity contribution in [2.45, 2.75) is 39.3 Å². The number of hydrogen-bond acceptors (Lipinski definition) is 10. The second-order valence-corrected chi connectivity index (χ2v) is 11.7. The van der Waals surface area contributed by atoms with Gasteiger partial charge in [-0.25, -0.2) is 0 Å². The van der Waals surface area contributed by atoms with Crippen molar-refractivity contribution in [3.8, 4) is 0 Å². The van der Waals surface area contributed by atoms with E-state index in [1.807, 2.05) is 63.4 Å². The molecule has 0 spiro atoms.